The molecule has 0 amide bonds. The van der Waals surface area contributed by atoms with Gasteiger partial charge >= 0.3 is 5.97 Å². The van der Waals surface area contributed by atoms with E-state index in [0.29, 0.717) is 22.3 Å². The Morgan fingerprint density at radius 2 is 1.88 bits per heavy atom. The van der Waals surface area contributed by atoms with Crippen LogP contribution in [0.2, 0.25) is 5.02 Å². The maximum absolute atomic E-state index is 12.3. The van der Waals surface area contributed by atoms with E-state index >= 15 is 0 Å². The molecular formula is C19H13ClO5. The van der Waals surface area contributed by atoms with Gasteiger partial charge < -0.3 is 13.9 Å². The van der Waals surface area contributed by atoms with Gasteiger partial charge in [-0.25, -0.2) is 0 Å². The summed E-state index contributed by atoms with van der Waals surface area (Å²) in [6.45, 7) is 0. The van der Waals surface area contributed by atoms with Crippen LogP contribution in [0.15, 0.2) is 51.9 Å². The average Bonchev–Trinajstić information content (AvgIpc) is 2.63. The molecule has 25 heavy (non-hydrogen) atoms. The Morgan fingerprint density at radius 3 is 2.60 bits per heavy atom. The maximum atomic E-state index is 12.3. The minimum absolute atomic E-state index is 0.0150. The van der Waals surface area contributed by atoms with Gasteiger partial charge in [0.25, 0.3) is 0 Å². The number of benzene rings is 2. The number of methoxy groups -OCH3 is 1. The molecule has 0 saturated carbocycles. The second-order valence-corrected chi connectivity index (χ2v) is 6.18. The first kappa shape index (κ1) is 15.7. The molecule has 1 aromatic heterocycles. The number of carbonyl (C=O) groups excluding carboxylic acids is 1. The van der Waals surface area contributed by atoms with Crippen molar-refractivity contribution in [3.63, 3.8) is 0 Å². The predicted molar refractivity (Wildman–Crippen MR) is 92.6 cm³/mol. The zero-order valence-corrected chi connectivity index (χ0v) is 14.0. The first-order valence-corrected chi connectivity index (χ1v) is 8.05. The van der Waals surface area contributed by atoms with Crippen LogP contribution >= 0.6 is 11.6 Å². The Hall–Kier alpha value is -2.79. The predicted octanol–water partition coefficient (Wildman–Crippen LogP) is 3.90. The highest BCUT2D eigenvalue weighted by molar-refractivity contribution is 6.30. The second kappa shape index (κ2) is 5.93. The SMILES string of the molecule is COc1ccc([C@@H]2CC(=O)Oc3ccc4c(=O)c(Cl)coc4c32)cc1. The Balaban J connectivity index is 1.96. The third kappa shape index (κ3) is 2.57. The topological polar surface area (TPSA) is 65.7 Å². The summed E-state index contributed by atoms with van der Waals surface area (Å²) in [6.07, 6.45) is 1.37. The van der Waals surface area contributed by atoms with E-state index in [1.165, 1.54) is 6.26 Å². The van der Waals surface area contributed by atoms with Crippen molar-refractivity contribution in [3.05, 3.63) is 69.0 Å². The second-order valence-electron chi connectivity index (χ2n) is 5.77. The highest BCUT2D eigenvalue weighted by atomic mass is 35.5. The van der Waals surface area contributed by atoms with Crippen molar-refractivity contribution in [1.29, 1.82) is 0 Å². The van der Waals surface area contributed by atoms with Gasteiger partial charge in [-0.1, -0.05) is 23.7 Å². The first-order valence-electron chi connectivity index (χ1n) is 7.67. The van der Waals surface area contributed by atoms with Gasteiger partial charge in [-0.2, -0.15) is 0 Å². The molecule has 0 N–H and O–H groups in total. The number of hydrogen-bond acceptors (Lipinski definition) is 5. The molecule has 6 heteroatoms. The number of ether oxygens (including phenoxy) is 2. The molecule has 3 aromatic rings. The lowest BCUT2D eigenvalue weighted by molar-refractivity contribution is -0.135. The van der Waals surface area contributed by atoms with Gasteiger partial charge in [-0.15, -0.1) is 0 Å². The zero-order valence-electron chi connectivity index (χ0n) is 13.2. The third-order valence-corrected chi connectivity index (χ3v) is 4.62. The molecule has 0 radical (unpaired) electrons. The van der Waals surface area contributed by atoms with Crippen molar-refractivity contribution in [3.8, 4) is 11.5 Å². The Bertz CT molecular complexity index is 1040. The van der Waals surface area contributed by atoms with Crippen molar-refractivity contribution in [2.75, 3.05) is 7.11 Å². The van der Waals surface area contributed by atoms with Crippen LogP contribution in [0.5, 0.6) is 11.5 Å². The molecule has 0 spiro atoms. The minimum atomic E-state index is -0.330. The molecule has 0 unspecified atom stereocenters. The molecule has 2 aromatic carbocycles. The van der Waals surface area contributed by atoms with Crippen LogP contribution in [0.1, 0.15) is 23.5 Å². The summed E-state index contributed by atoms with van der Waals surface area (Å²) < 4.78 is 16.1. The van der Waals surface area contributed by atoms with E-state index < -0.39 is 0 Å². The van der Waals surface area contributed by atoms with E-state index in [-0.39, 0.29) is 28.8 Å². The zero-order chi connectivity index (χ0) is 17.6. The molecule has 126 valence electrons. The van der Waals surface area contributed by atoms with Gasteiger partial charge in [0.1, 0.15) is 28.4 Å². The summed E-state index contributed by atoms with van der Waals surface area (Å²) in [5.74, 6) is 0.507. The molecule has 5 nitrogen and oxygen atoms in total. The molecule has 0 bridgehead atoms. The molecule has 2 heterocycles. The highest BCUT2D eigenvalue weighted by Crippen LogP contribution is 2.42. The molecule has 1 atom stereocenters. The van der Waals surface area contributed by atoms with Crippen LogP contribution in [-0.4, -0.2) is 13.1 Å². The molecule has 0 aliphatic carbocycles. The lowest BCUT2D eigenvalue weighted by atomic mass is 9.85. The minimum Gasteiger partial charge on any atom is -0.497 e. The fourth-order valence-corrected chi connectivity index (χ4v) is 3.30. The fraction of sp³-hybridized carbons (Fsp3) is 0.158. The van der Waals surface area contributed by atoms with E-state index in [1.54, 1.807) is 19.2 Å². The van der Waals surface area contributed by atoms with Crippen LogP contribution in [0.3, 0.4) is 0 Å². The van der Waals surface area contributed by atoms with Crippen LogP contribution in [0.4, 0.5) is 0 Å². The van der Waals surface area contributed by atoms with Gasteiger partial charge in [0, 0.05) is 11.5 Å². The van der Waals surface area contributed by atoms with Gasteiger partial charge in [0.05, 0.1) is 18.9 Å². The van der Waals surface area contributed by atoms with Crippen LogP contribution in [0.25, 0.3) is 11.0 Å². The van der Waals surface area contributed by atoms with E-state index in [4.69, 9.17) is 25.5 Å². The van der Waals surface area contributed by atoms with E-state index in [0.717, 1.165) is 11.3 Å². The Morgan fingerprint density at radius 1 is 1.12 bits per heavy atom. The molecule has 0 saturated heterocycles. The largest absolute Gasteiger partial charge is 0.497 e. The number of carbonyl (C=O) groups is 1. The summed E-state index contributed by atoms with van der Waals surface area (Å²) in [5.41, 5.74) is 1.66. The number of esters is 1. The average molecular weight is 357 g/mol. The van der Waals surface area contributed by atoms with Gasteiger partial charge in [-0.3, -0.25) is 9.59 Å². The third-order valence-electron chi connectivity index (χ3n) is 4.36. The molecule has 1 aliphatic rings. The van der Waals surface area contributed by atoms with E-state index in [9.17, 15) is 9.59 Å². The van der Waals surface area contributed by atoms with Crippen LogP contribution in [0, 0.1) is 0 Å². The van der Waals surface area contributed by atoms with Crippen molar-refractivity contribution in [2.45, 2.75) is 12.3 Å². The molecule has 4 rings (SSSR count). The summed E-state index contributed by atoms with van der Waals surface area (Å²) in [4.78, 5) is 24.3. The first-order chi connectivity index (χ1) is 12.1. The maximum Gasteiger partial charge on any atom is 0.312 e. The normalized spacial score (nSPS) is 16.4. The fourth-order valence-electron chi connectivity index (χ4n) is 3.15. The summed E-state index contributed by atoms with van der Waals surface area (Å²) >= 11 is 5.88. The Kier molecular flexibility index (Phi) is 3.73. The van der Waals surface area contributed by atoms with Gasteiger partial charge in [0.15, 0.2) is 0 Å². The Labute approximate surface area is 147 Å². The monoisotopic (exact) mass is 356 g/mol. The van der Waals surface area contributed by atoms with E-state index in [1.807, 2.05) is 24.3 Å². The molecule has 1 aliphatic heterocycles. The number of fused-ring (bicyclic) bond motifs is 3. The van der Waals surface area contributed by atoms with Crippen molar-refractivity contribution in [1.82, 2.24) is 0 Å². The number of rotatable bonds is 2. The van der Waals surface area contributed by atoms with E-state index in [2.05, 4.69) is 0 Å². The summed E-state index contributed by atoms with van der Waals surface area (Å²) in [5, 5.41) is 0.379. The lowest BCUT2D eigenvalue weighted by Gasteiger charge is -2.25. The lowest BCUT2D eigenvalue weighted by Crippen LogP contribution is -2.21. The summed E-state index contributed by atoms with van der Waals surface area (Å²) in [7, 11) is 1.59. The van der Waals surface area contributed by atoms with Crippen molar-refractivity contribution in [2.24, 2.45) is 0 Å². The summed E-state index contributed by atoms with van der Waals surface area (Å²) in [6, 6.07) is 10.6. The van der Waals surface area contributed by atoms with Crippen LogP contribution in [-0.2, 0) is 4.79 Å². The van der Waals surface area contributed by atoms with Gasteiger partial charge in [-0.05, 0) is 29.8 Å². The molecular weight excluding hydrogens is 344 g/mol. The molecule has 0 fully saturated rings. The smallest absolute Gasteiger partial charge is 0.312 e. The van der Waals surface area contributed by atoms with Crippen molar-refractivity contribution < 1.29 is 18.7 Å². The number of halogens is 1. The van der Waals surface area contributed by atoms with Crippen LogP contribution < -0.4 is 14.9 Å². The van der Waals surface area contributed by atoms with Gasteiger partial charge in [0.2, 0.25) is 5.43 Å². The number of hydrogen-bond donors (Lipinski definition) is 0. The van der Waals surface area contributed by atoms with Crippen molar-refractivity contribution >= 4 is 28.5 Å². The standard InChI is InChI=1S/C19H13ClO5/c1-23-11-4-2-10(3-5-11)13-8-16(21)25-15-7-6-12-18(22)14(20)9-24-19(12)17(13)15/h2-7,9,13H,8H2,1H3/t13-/m0/s1. The quantitative estimate of drug-likeness (QED) is 0.514. The highest BCUT2D eigenvalue weighted by Gasteiger charge is 2.32.